The van der Waals surface area contributed by atoms with Gasteiger partial charge in [-0.15, -0.1) is 0 Å². The quantitative estimate of drug-likeness (QED) is 0.821. The third-order valence-corrected chi connectivity index (χ3v) is 2.87. The molecule has 0 spiro atoms. The van der Waals surface area contributed by atoms with Gasteiger partial charge >= 0.3 is 5.97 Å². The van der Waals surface area contributed by atoms with E-state index in [2.05, 4.69) is 0 Å². The monoisotopic (exact) mass is 272 g/mol. The molecule has 1 N–H and O–H groups in total. The Balaban J connectivity index is 1.88. The fraction of sp³-hybridized carbons (Fsp3) is 0.188. The van der Waals surface area contributed by atoms with Crippen molar-refractivity contribution in [3.8, 4) is 11.5 Å². The largest absolute Gasteiger partial charge is 0.490 e. The van der Waals surface area contributed by atoms with E-state index >= 15 is 0 Å². The van der Waals surface area contributed by atoms with E-state index in [1.54, 1.807) is 25.1 Å². The zero-order valence-corrected chi connectivity index (χ0v) is 11.2. The molecule has 0 atom stereocenters. The molecule has 0 bridgehead atoms. The minimum absolute atomic E-state index is 0.256. The highest BCUT2D eigenvalue weighted by Gasteiger charge is 2.10. The molecule has 0 saturated heterocycles. The number of rotatable bonds is 6. The van der Waals surface area contributed by atoms with E-state index < -0.39 is 5.97 Å². The van der Waals surface area contributed by atoms with Crippen molar-refractivity contribution in [1.29, 1.82) is 0 Å². The highest BCUT2D eigenvalue weighted by atomic mass is 16.5. The van der Waals surface area contributed by atoms with Crippen LogP contribution in [0.4, 0.5) is 0 Å². The maximum absolute atomic E-state index is 11.0. The summed E-state index contributed by atoms with van der Waals surface area (Å²) in [6.45, 7) is 2.50. The first kappa shape index (κ1) is 13.9. The lowest BCUT2D eigenvalue weighted by Crippen LogP contribution is -2.10. The van der Waals surface area contributed by atoms with E-state index in [1.165, 1.54) is 0 Å². The van der Waals surface area contributed by atoms with Gasteiger partial charge in [0.25, 0.3) is 0 Å². The average molecular weight is 272 g/mol. The zero-order chi connectivity index (χ0) is 14.4. The van der Waals surface area contributed by atoms with Crippen LogP contribution in [0.1, 0.15) is 15.9 Å². The van der Waals surface area contributed by atoms with Crippen LogP contribution < -0.4 is 9.47 Å². The number of para-hydroxylation sites is 1. The summed E-state index contributed by atoms with van der Waals surface area (Å²) in [6, 6.07) is 14.4. The molecule has 0 fully saturated rings. The Bertz CT molecular complexity index is 578. The van der Waals surface area contributed by atoms with Crippen molar-refractivity contribution < 1.29 is 19.4 Å². The van der Waals surface area contributed by atoms with E-state index in [0.717, 1.165) is 5.75 Å². The fourth-order valence-electron chi connectivity index (χ4n) is 1.83. The summed E-state index contributed by atoms with van der Waals surface area (Å²) >= 11 is 0. The van der Waals surface area contributed by atoms with Crippen LogP contribution in [0.15, 0.2) is 48.5 Å². The third kappa shape index (κ3) is 3.51. The molecule has 0 aliphatic rings. The molecule has 0 aliphatic carbocycles. The van der Waals surface area contributed by atoms with Crippen LogP contribution in [-0.2, 0) is 0 Å². The van der Waals surface area contributed by atoms with E-state index in [0.29, 0.717) is 24.5 Å². The van der Waals surface area contributed by atoms with Gasteiger partial charge in [0.15, 0.2) is 0 Å². The van der Waals surface area contributed by atoms with Crippen molar-refractivity contribution in [2.24, 2.45) is 0 Å². The highest BCUT2D eigenvalue weighted by molar-refractivity contribution is 5.90. The summed E-state index contributed by atoms with van der Waals surface area (Å²) in [5.41, 5.74) is 0.881. The van der Waals surface area contributed by atoms with Gasteiger partial charge in [0.05, 0.1) is 5.56 Å². The Labute approximate surface area is 117 Å². The first-order chi connectivity index (χ1) is 9.68. The molecule has 2 rings (SSSR count). The Morgan fingerprint density at radius 1 is 1.00 bits per heavy atom. The molecular weight excluding hydrogens is 256 g/mol. The van der Waals surface area contributed by atoms with Crippen molar-refractivity contribution >= 4 is 5.97 Å². The van der Waals surface area contributed by atoms with Gasteiger partial charge < -0.3 is 14.6 Å². The smallest absolute Gasteiger partial charge is 0.336 e. The van der Waals surface area contributed by atoms with Crippen LogP contribution in [0.2, 0.25) is 0 Å². The molecule has 2 aromatic carbocycles. The molecule has 0 saturated carbocycles. The minimum atomic E-state index is -0.950. The predicted octanol–water partition coefficient (Wildman–Crippen LogP) is 3.15. The van der Waals surface area contributed by atoms with Gasteiger partial charge in [0, 0.05) is 5.56 Å². The second kappa shape index (κ2) is 6.61. The van der Waals surface area contributed by atoms with E-state index in [9.17, 15) is 4.79 Å². The SMILES string of the molecule is Cc1c(OCCOc2ccccc2)cccc1C(=O)O. The second-order valence-corrected chi connectivity index (χ2v) is 4.24. The van der Waals surface area contributed by atoms with Crippen molar-refractivity contribution in [2.45, 2.75) is 6.92 Å². The van der Waals surface area contributed by atoms with Crippen LogP contribution in [0, 0.1) is 6.92 Å². The second-order valence-electron chi connectivity index (χ2n) is 4.24. The van der Waals surface area contributed by atoms with E-state index in [-0.39, 0.29) is 5.56 Å². The molecule has 0 radical (unpaired) electrons. The highest BCUT2D eigenvalue weighted by Crippen LogP contribution is 2.21. The van der Waals surface area contributed by atoms with Crippen LogP contribution in [0.3, 0.4) is 0 Å². The first-order valence-electron chi connectivity index (χ1n) is 6.32. The van der Waals surface area contributed by atoms with Crippen LogP contribution in [-0.4, -0.2) is 24.3 Å². The molecule has 4 nitrogen and oxygen atoms in total. The number of benzene rings is 2. The Kier molecular flexibility index (Phi) is 4.60. The van der Waals surface area contributed by atoms with Crippen molar-refractivity contribution in [3.05, 3.63) is 59.7 Å². The lowest BCUT2D eigenvalue weighted by Gasteiger charge is -2.11. The molecule has 0 unspecified atom stereocenters. The van der Waals surface area contributed by atoms with Gasteiger partial charge in [0.1, 0.15) is 24.7 Å². The predicted molar refractivity (Wildman–Crippen MR) is 75.6 cm³/mol. The number of carboxylic acids is 1. The van der Waals surface area contributed by atoms with E-state index in [4.69, 9.17) is 14.6 Å². The van der Waals surface area contributed by atoms with Crippen molar-refractivity contribution in [1.82, 2.24) is 0 Å². The molecule has 0 aromatic heterocycles. The van der Waals surface area contributed by atoms with Gasteiger partial charge in [-0.05, 0) is 31.2 Å². The lowest BCUT2D eigenvalue weighted by atomic mass is 10.1. The fourth-order valence-corrected chi connectivity index (χ4v) is 1.83. The van der Waals surface area contributed by atoms with Crippen molar-refractivity contribution in [2.75, 3.05) is 13.2 Å². The van der Waals surface area contributed by atoms with Gasteiger partial charge in [-0.2, -0.15) is 0 Å². The van der Waals surface area contributed by atoms with E-state index in [1.807, 2.05) is 30.3 Å². The summed E-state index contributed by atoms with van der Waals surface area (Å²) in [5, 5.41) is 9.03. The normalized spacial score (nSPS) is 10.1. The molecule has 104 valence electrons. The number of hydrogen-bond acceptors (Lipinski definition) is 3. The molecule has 2 aromatic rings. The summed E-state index contributed by atoms with van der Waals surface area (Å²) in [4.78, 5) is 11.0. The number of hydrogen-bond donors (Lipinski definition) is 1. The molecular formula is C16H16O4. The standard InChI is InChI=1S/C16H16O4/c1-12-14(16(17)18)8-5-9-15(12)20-11-10-19-13-6-3-2-4-7-13/h2-9H,10-11H2,1H3,(H,17,18). The Morgan fingerprint density at radius 3 is 2.40 bits per heavy atom. The Hall–Kier alpha value is -2.49. The summed E-state index contributed by atoms with van der Waals surface area (Å²) in [5.74, 6) is 0.405. The van der Waals surface area contributed by atoms with Gasteiger partial charge in [-0.3, -0.25) is 0 Å². The third-order valence-electron chi connectivity index (χ3n) is 2.87. The molecule has 0 amide bonds. The number of carboxylic acid groups (broad SMARTS) is 1. The van der Waals surface area contributed by atoms with Gasteiger partial charge in [0.2, 0.25) is 0 Å². The van der Waals surface area contributed by atoms with Gasteiger partial charge in [-0.1, -0.05) is 24.3 Å². The molecule has 0 aliphatic heterocycles. The van der Waals surface area contributed by atoms with Crippen molar-refractivity contribution in [3.63, 3.8) is 0 Å². The summed E-state index contributed by atoms with van der Waals surface area (Å²) < 4.78 is 11.1. The lowest BCUT2D eigenvalue weighted by molar-refractivity contribution is 0.0695. The summed E-state index contributed by atoms with van der Waals surface area (Å²) in [7, 11) is 0. The van der Waals surface area contributed by atoms with Crippen LogP contribution in [0.5, 0.6) is 11.5 Å². The maximum atomic E-state index is 11.0. The average Bonchev–Trinajstić information content (AvgIpc) is 2.46. The topological polar surface area (TPSA) is 55.8 Å². The molecule has 20 heavy (non-hydrogen) atoms. The Morgan fingerprint density at radius 2 is 1.70 bits per heavy atom. The molecule has 0 heterocycles. The number of carbonyl (C=O) groups is 1. The number of ether oxygens (including phenoxy) is 2. The van der Waals surface area contributed by atoms with Crippen LogP contribution >= 0.6 is 0 Å². The maximum Gasteiger partial charge on any atom is 0.336 e. The zero-order valence-electron chi connectivity index (χ0n) is 11.2. The van der Waals surface area contributed by atoms with Crippen LogP contribution in [0.25, 0.3) is 0 Å². The number of aromatic carboxylic acids is 1. The van der Waals surface area contributed by atoms with Gasteiger partial charge in [-0.25, -0.2) is 4.79 Å². The summed E-state index contributed by atoms with van der Waals surface area (Å²) in [6.07, 6.45) is 0. The first-order valence-corrected chi connectivity index (χ1v) is 6.32. The minimum Gasteiger partial charge on any atom is -0.490 e. The molecule has 4 heteroatoms.